The molecule has 6 nitrogen and oxygen atoms in total. The van der Waals surface area contributed by atoms with E-state index in [-0.39, 0.29) is 43.0 Å². The zero-order chi connectivity index (χ0) is 26.3. The molecule has 1 aromatic heterocycles. The largest absolute Gasteiger partial charge is 0.481 e. The van der Waals surface area contributed by atoms with E-state index in [0.717, 1.165) is 31.4 Å². The number of hydrogen-bond donors (Lipinski definition) is 1. The van der Waals surface area contributed by atoms with Crippen LogP contribution in [0.1, 0.15) is 68.6 Å². The van der Waals surface area contributed by atoms with Gasteiger partial charge in [0.05, 0.1) is 0 Å². The highest BCUT2D eigenvalue weighted by Crippen LogP contribution is 2.39. The van der Waals surface area contributed by atoms with Crippen LogP contribution in [0, 0.1) is 5.82 Å². The van der Waals surface area contributed by atoms with Crippen LogP contribution in [0.25, 0.3) is 0 Å². The van der Waals surface area contributed by atoms with Crippen molar-refractivity contribution >= 4 is 17.6 Å². The summed E-state index contributed by atoms with van der Waals surface area (Å²) in [7, 11) is 0. The molecule has 3 atom stereocenters. The summed E-state index contributed by atoms with van der Waals surface area (Å²) in [5, 5.41) is 2.31. The maximum absolute atomic E-state index is 14.5. The molecule has 1 aromatic carbocycles. The smallest absolute Gasteiger partial charge is 0.396 e. The minimum absolute atomic E-state index is 0.0159. The van der Waals surface area contributed by atoms with Crippen LogP contribution in [0.4, 0.5) is 38.0 Å². The van der Waals surface area contributed by atoms with Crippen LogP contribution in [0.2, 0.25) is 0 Å². The van der Waals surface area contributed by atoms with Crippen molar-refractivity contribution in [3.05, 3.63) is 35.5 Å². The molecule has 0 spiro atoms. The number of amides is 1. The lowest BCUT2D eigenvalue weighted by atomic mass is 10.2. The Kier molecular flexibility index (Phi) is 7.16. The monoisotopic (exact) mass is 519 g/mol. The molecule has 3 unspecified atom stereocenters. The second-order valence-electron chi connectivity index (χ2n) is 9.31. The van der Waals surface area contributed by atoms with Gasteiger partial charge in [-0.15, -0.1) is 0 Å². The maximum atomic E-state index is 14.5. The Morgan fingerprint density at radius 1 is 1.28 bits per heavy atom. The number of anilines is 2. The van der Waals surface area contributed by atoms with Gasteiger partial charge >= 0.3 is 6.18 Å². The van der Waals surface area contributed by atoms with Crippen molar-refractivity contribution in [1.82, 2.24) is 4.98 Å². The number of nitrogens with one attached hydrogen (secondary N) is 1. The number of carbonyl (C=O) groups is 1. The lowest BCUT2D eigenvalue weighted by molar-refractivity contribution is -0.130. The molecular weight excluding hydrogens is 492 g/mol. The Labute approximate surface area is 204 Å². The third-order valence-electron chi connectivity index (χ3n) is 6.65. The molecule has 1 aliphatic carbocycles. The van der Waals surface area contributed by atoms with Gasteiger partial charge in [0, 0.05) is 30.3 Å². The van der Waals surface area contributed by atoms with Gasteiger partial charge in [0.2, 0.25) is 0 Å². The molecule has 2 heterocycles. The molecule has 198 valence electrons. The van der Waals surface area contributed by atoms with Gasteiger partial charge in [0.1, 0.15) is 12.2 Å². The van der Waals surface area contributed by atoms with Gasteiger partial charge in [0.15, 0.2) is 23.4 Å². The summed E-state index contributed by atoms with van der Waals surface area (Å²) in [6, 6.07) is 3.06. The summed E-state index contributed by atoms with van der Waals surface area (Å²) < 4.78 is 92.3. The molecule has 4 rings (SSSR count). The first-order chi connectivity index (χ1) is 16.9. The van der Waals surface area contributed by atoms with Crippen LogP contribution in [-0.4, -0.2) is 41.2 Å². The van der Waals surface area contributed by atoms with E-state index in [4.69, 9.17) is 9.15 Å². The number of halogens is 6. The molecule has 0 bridgehead atoms. The fourth-order valence-electron chi connectivity index (χ4n) is 4.80. The first-order valence-corrected chi connectivity index (χ1v) is 11.9. The van der Waals surface area contributed by atoms with Gasteiger partial charge < -0.3 is 19.4 Å². The zero-order valence-corrected chi connectivity index (χ0v) is 19.8. The second-order valence-corrected chi connectivity index (χ2v) is 9.31. The summed E-state index contributed by atoms with van der Waals surface area (Å²) in [6.07, 6.45) is -5.28. The topological polar surface area (TPSA) is 67.6 Å². The molecule has 36 heavy (non-hydrogen) atoms. The van der Waals surface area contributed by atoms with Gasteiger partial charge in [-0.3, -0.25) is 4.79 Å². The van der Waals surface area contributed by atoms with Crippen molar-refractivity contribution in [2.75, 3.05) is 10.2 Å². The molecule has 1 aliphatic heterocycles. The molecule has 12 heteroatoms. The Balaban J connectivity index is 1.55. The van der Waals surface area contributed by atoms with E-state index in [1.165, 1.54) is 6.07 Å². The van der Waals surface area contributed by atoms with Crippen molar-refractivity contribution < 1.29 is 40.3 Å². The third kappa shape index (κ3) is 5.57. The number of ether oxygens (including phenoxy) is 1. The highest BCUT2D eigenvalue weighted by molar-refractivity contribution is 6.03. The Morgan fingerprint density at radius 3 is 2.64 bits per heavy atom. The Bertz CT molecular complexity index is 1100. The lowest BCUT2D eigenvalue weighted by Crippen LogP contribution is -2.34. The first kappa shape index (κ1) is 26.2. The van der Waals surface area contributed by atoms with Gasteiger partial charge in [-0.05, 0) is 51.2 Å². The van der Waals surface area contributed by atoms with E-state index in [1.807, 2.05) is 13.8 Å². The number of benzene rings is 1. The molecule has 2 aliphatic rings. The van der Waals surface area contributed by atoms with Crippen LogP contribution < -0.4 is 15.0 Å². The number of hydrogen-bond acceptors (Lipinski definition) is 5. The summed E-state index contributed by atoms with van der Waals surface area (Å²) >= 11 is 0. The first-order valence-electron chi connectivity index (χ1n) is 11.9. The predicted octanol–water partition coefficient (Wildman–Crippen LogP) is 6.50. The zero-order valence-electron chi connectivity index (χ0n) is 19.8. The van der Waals surface area contributed by atoms with Gasteiger partial charge in [-0.1, -0.05) is 6.92 Å². The fraction of sp³-hybridized carbons (Fsp3) is 0.583. The van der Waals surface area contributed by atoms with Gasteiger partial charge in [0.25, 0.3) is 17.8 Å². The van der Waals surface area contributed by atoms with Crippen molar-refractivity contribution in [3.8, 4) is 5.75 Å². The van der Waals surface area contributed by atoms with E-state index >= 15 is 0 Å². The minimum atomic E-state index is -4.65. The van der Waals surface area contributed by atoms with Crippen molar-refractivity contribution in [2.24, 2.45) is 0 Å². The van der Waals surface area contributed by atoms with E-state index in [1.54, 1.807) is 4.90 Å². The van der Waals surface area contributed by atoms with Crippen molar-refractivity contribution in [3.63, 3.8) is 0 Å². The normalized spacial score (nSPS) is 23.8. The molecule has 2 fully saturated rings. The quantitative estimate of drug-likeness (QED) is 0.423. The summed E-state index contributed by atoms with van der Waals surface area (Å²) in [6.45, 7) is 3.84. The molecule has 1 N–H and O–H groups in total. The molecule has 0 radical (unpaired) electrons. The summed E-state index contributed by atoms with van der Waals surface area (Å²) in [4.78, 5) is 18.7. The Hall–Kier alpha value is -2.92. The van der Waals surface area contributed by atoms with Crippen molar-refractivity contribution in [1.29, 1.82) is 0 Å². The summed E-state index contributed by atoms with van der Waals surface area (Å²) in [5.41, 5.74) is -0.658. The Morgan fingerprint density at radius 2 is 2.03 bits per heavy atom. The van der Waals surface area contributed by atoms with Crippen LogP contribution in [0.5, 0.6) is 5.75 Å². The maximum Gasteiger partial charge on any atom is 0.396 e. The number of oxazole rings is 1. The molecule has 1 saturated heterocycles. The van der Waals surface area contributed by atoms with Crippen LogP contribution in [0.15, 0.2) is 22.6 Å². The standard InChI is InChI=1S/C24H27F6N3O3/c1-3-15-8-6-13(2)33(15)22-32-20(18(36-22)12-24(28,29)30)21(34)31-14-7-9-17(16(25)11-14)35-19-5-4-10-23(19,26)27/h7,9,11,13,15,19H,3-6,8,10,12H2,1-2H3,(H,31,34). The number of nitrogens with zero attached hydrogens (tertiary/aromatic N) is 2. The molecule has 2 aromatic rings. The van der Waals surface area contributed by atoms with Crippen LogP contribution in [0.3, 0.4) is 0 Å². The highest BCUT2D eigenvalue weighted by Gasteiger charge is 2.46. The van der Waals surface area contributed by atoms with Crippen molar-refractivity contribution in [2.45, 2.75) is 89.1 Å². The fourth-order valence-corrected chi connectivity index (χ4v) is 4.80. The minimum Gasteiger partial charge on any atom is -0.481 e. The number of carbonyl (C=O) groups excluding carboxylic acids is 1. The van der Waals surface area contributed by atoms with Crippen LogP contribution >= 0.6 is 0 Å². The molecule has 1 amide bonds. The van der Waals surface area contributed by atoms with Gasteiger partial charge in [-0.2, -0.15) is 18.2 Å². The second kappa shape index (κ2) is 9.85. The van der Waals surface area contributed by atoms with Crippen LogP contribution in [-0.2, 0) is 6.42 Å². The predicted molar refractivity (Wildman–Crippen MR) is 119 cm³/mol. The SMILES string of the molecule is CCC1CCC(C)N1c1nc(C(=O)Nc2ccc(OC3CCCC3(F)F)c(F)c2)c(CC(F)(F)F)o1. The van der Waals surface area contributed by atoms with Gasteiger partial charge in [-0.25, -0.2) is 13.2 Å². The van der Waals surface area contributed by atoms with E-state index in [9.17, 15) is 31.1 Å². The highest BCUT2D eigenvalue weighted by atomic mass is 19.4. The van der Waals surface area contributed by atoms with E-state index < -0.39 is 53.6 Å². The van der Waals surface area contributed by atoms with E-state index in [0.29, 0.717) is 0 Å². The third-order valence-corrected chi connectivity index (χ3v) is 6.65. The lowest BCUT2D eigenvalue weighted by Gasteiger charge is -2.25. The number of rotatable bonds is 7. The average Bonchev–Trinajstić information content (AvgIpc) is 3.45. The number of aromatic nitrogens is 1. The molecule has 1 saturated carbocycles. The summed E-state index contributed by atoms with van der Waals surface area (Å²) in [5.74, 6) is -6.13. The van der Waals surface area contributed by atoms with E-state index in [2.05, 4.69) is 10.3 Å². The number of alkyl halides is 5. The molecular formula is C24H27F6N3O3. The average molecular weight is 519 g/mol.